The lowest BCUT2D eigenvalue weighted by Gasteiger charge is -2.18. The van der Waals surface area contributed by atoms with Crippen LogP contribution in [0.4, 0.5) is 0 Å². The molecule has 0 amide bonds. The van der Waals surface area contributed by atoms with Crippen molar-refractivity contribution < 1.29 is 4.42 Å². The van der Waals surface area contributed by atoms with Gasteiger partial charge >= 0.3 is 0 Å². The van der Waals surface area contributed by atoms with Crippen LogP contribution in [0, 0.1) is 0 Å². The summed E-state index contributed by atoms with van der Waals surface area (Å²) in [5, 5.41) is 2.19. The van der Waals surface area contributed by atoms with Crippen molar-refractivity contribution in [1.82, 2.24) is 15.0 Å². The maximum atomic E-state index is 6.61. The average Bonchev–Trinajstić information content (AvgIpc) is 3.71. The lowest BCUT2D eigenvalue weighted by atomic mass is 9.86. The number of rotatable bonds is 4. The number of hydrogen-bond acceptors (Lipinski definition) is 5. The summed E-state index contributed by atoms with van der Waals surface area (Å²) >= 11 is 1.80. The third-order valence-corrected chi connectivity index (χ3v) is 12.9. The highest BCUT2D eigenvalue weighted by molar-refractivity contribution is 7.99. The summed E-state index contributed by atoms with van der Waals surface area (Å²) in [6.07, 6.45) is 0. The molecule has 2 aromatic heterocycles. The van der Waals surface area contributed by atoms with Crippen LogP contribution < -0.4 is 0 Å². The highest BCUT2D eigenvalue weighted by atomic mass is 32.2. The van der Waals surface area contributed by atoms with Crippen LogP contribution in [0.2, 0.25) is 0 Å². The molecule has 0 bridgehead atoms. The molecular weight excluding hydrogens is 775 g/mol. The molecule has 0 unspecified atom stereocenters. The van der Waals surface area contributed by atoms with E-state index in [0.717, 1.165) is 82.5 Å². The van der Waals surface area contributed by atoms with Gasteiger partial charge in [-0.05, 0) is 86.0 Å². The van der Waals surface area contributed by atoms with E-state index in [0.29, 0.717) is 17.5 Å². The molecule has 0 radical (unpaired) electrons. The number of aromatic nitrogens is 3. The van der Waals surface area contributed by atoms with E-state index in [2.05, 4.69) is 176 Å². The number of para-hydroxylation sites is 1. The number of furan rings is 1. The van der Waals surface area contributed by atoms with Gasteiger partial charge in [-0.15, -0.1) is 0 Å². The Balaban J connectivity index is 1.12. The van der Waals surface area contributed by atoms with Gasteiger partial charge in [0.15, 0.2) is 17.5 Å². The Bertz CT molecular complexity index is 3490. The number of hydrogen-bond donors (Lipinski definition) is 0. The number of nitrogens with zero attached hydrogens (tertiary/aromatic N) is 3. The minimum absolute atomic E-state index is 0.598. The molecule has 0 atom stereocenters. The van der Waals surface area contributed by atoms with E-state index in [-0.39, 0.29) is 0 Å². The molecule has 290 valence electrons. The minimum atomic E-state index is 0.598. The highest BCUT2D eigenvalue weighted by Gasteiger charge is 2.24. The van der Waals surface area contributed by atoms with Crippen LogP contribution in [0.5, 0.6) is 0 Å². The molecule has 0 fully saturated rings. The van der Waals surface area contributed by atoms with Gasteiger partial charge in [-0.25, -0.2) is 15.0 Å². The topological polar surface area (TPSA) is 51.8 Å². The molecule has 0 saturated heterocycles. The molecular formula is C57H35N3OS. The third kappa shape index (κ3) is 6.30. The lowest BCUT2D eigenvalue weighted by molar-refractivity contribution is 0.669. The standard InChI is InChI=1S/C57H35N3OS/c1-3-15-36(16-4-1)37-27-29-39(30-28-37)56-58-55(38-17-5-2-6-18-38)59-57(60-56)40-31-32-45-43-21-8-7-19-41(43)42-20-9-10-22-44(42)47-24-12-14-26-53(47)62-54-35-49-46-23-11-13-25-51(46)61-52(49)34-50(54)48(45)33-40/h1-35H. The van der Waals surface area contributed by atoms with Gasteiger partial charge in [0.2, 0.25) is 0 Å². The van der Waals surface area contributed by atoms with Crippen LogP contribution in [0.3, 0.4) is 0 Å². The Hall–Kier alpha value is -7.86. The zero-order chi connectivity index (χ0) is 41.0. The zero-order valence-corrected chi connectivity index (χ0v) is 34.2. The molecule has 0 saturated carbocycles. The first-order valence-electron chi connectivity index (χ1n) is 20.8. The van der Waals surface area contributed by atoms with Crippen LogP contribution in [-0.4, -0.2) is 15.0 Å². The molecule has 3 heterocycles. The first-order chi connectivity index (χ1) is 30.7. The van der Waals surface area contributed by atoms with E-state index in [9.17, 15) is 0 Å². The second-order valence-corrected chi connectivity index (χ2v) is 16.6. The Morgan fingerprint density at radius 2 is 0.742 bits per heavy atom. The Kier molecular flexibility index (Phi) is 8.72. The largest absolute Gasteiger partial charge is 0.456 e. The summed E-state index contributed by atoms with van der Waals surface area (Å²) in [7, 11) is 0. The Morgan fingerprint density at radius 3 is 1.42 bits per heavy atom. The van der Waals surface area contributed by atoms with Crippen molar-refractivity contribution in [2.24, 2.45) is 0 Å². The molecule has 1 aliphatic rings. The second kappa shape index (κ2) is 15.0. The van der Waals surface area contributed by atoms with E-state index in [4.69, 9.17) is 19.4 Å². The lowest BCUT2D eigenvalue weighted by Crippen LogP contribution is -2.01. The van der Waals surface area contributed by atoms with Crippen molar-refractivity contribution in [3.05, 3.63) is 212 Å². The van der Waals surface area contributed by atoms with Crippen molar-refractivity contribution in [3.8, 4) is 89.8 Å². The molecule has 0 spiro atoms. The number of fused-ring (bicyclic) bond motifs is 12. The van der Waals surface area contributed by atoms with Gasteiger partial charge < -0.3 is 4.42 Å². The summed E-state index contributed by atoms with van der Waals surface area (Å²) in [5.41, 5.74) is 15.9. The monoisotopic (exact) mass is 809 g/mol. The van der Waals surface area contributed by atoms with Crippen LogP contribution in [0.25, 0.3) is 112 Å². The van der Waals surface area contributed by atoms with Gasteiger partial charge in [-0.1, -0.05) is 194 Å². The van der Waals surface area contributed by atoms with E-state index in [1.54, 1.807) is 11.8 Å². The summed E-state index contributed by atoms with van der Waals surface area (Å²) in [6.45, 7) is 0. The molecule has 12 rings (SSSR count). The molecule has 0 aliphatic carbocycles. The summed E-state index contributed by atoms with van der Waals surface area (Å²) < 4.78 is 6.61. The van der Waals surface area contributed by atoms with Gasteiger partial charge in [-0.2, -0.15) is 0 Å². The number of benzene rings is 9. The van der Waals surface area contributed by atoms with Crippen LogP contribution in [-0.2, 0) is 0 Å². The quantitative estimate of drug-likeness (QED) is 0.177. The van der Waals surface area contributed by atoms with Gasteiger partial charge in [0.05, 0.1) is 0 Å². The third-order valence-electron chi connectivity index (χ3n) is 11.8. The molecule has 11 aromatic rings. The molecule has 0 N–H and O–H groups in total. The summed E-state index contributed by atoms with van der Waals surface area (Å²) in [6, 6.07) is 74.9. The van der Waals surface area contributed by atoms with E-state index in [1.165, 1.54) is 21.6 Å². The van der Waals surface area contributed by atoms with Crippen molar-refractivity contribution in [2.75, 3.05) is 0 Å². The van der Waals surface area contributed by atoms with Gasteiger partial charge in [0.1, 0.15) is 11.2 Å². The Labute approximate surface area is 363 Å². The smallest absolute Gasteiger partial charge is 0.164 e. The first kappa shape index (κ1) is 36.0. The first-order valence-corrected chi connectivity index (χ1v) is 21.6. The van der Waals surface area contributed by atoms with E-state index >= 15 is 0 Å². The molecule has 62 heavy (non-hydrogen) atoms. The minimum Gasteiger partial charge on any atom is -0.456 e. The molecule has 1 aliphatic heterocycles. The van der Waals surface area contributed by atoms with Crippen LogP contribution in [0.1, 0.15) is 0 Å². The maximum absolute atomic E-state index is 6.61. The SMILES string of the molecule is c1ccc(-c2ccc(-c3nc(-c4ccccc4)nc(-c4ccc5c(c4)-c4cc6oc7ccccc7c6cc4Sc4ccccc4-c4ccccc4-c4ccccc4-5)n3)cc2)cc1. The average molecular weight is 810 g/mol. The zero-order valence-electron chi connectivity index (χ0n) is 33.4. The highest BCUT2D eigenvalue weighted by Crippen LogP contribution is 2.50. The normalized spacial score (nSPS) is 11.8. The molecule has 5 heteroatoms. The fourth-order valence-electron chi connectivity index (χ4n) is 8.78. The van der Waals surface area contributed by atoms with Gasteiger partial charge in [-0.3, -0.25) is 0 Å². The van der Waals surface area contributed by atoms with E-state index < -0.39 is 0 Å². The Morgan fingerprint density at radius 1 is 0.274 bits per heavy atom. The molecule has 4 nitrogen and oxygen atoms in total. The summed E-state index contributed by atoms with van der Waals surface area (Å²) in [5.74, 6) is 1.83. The van der Waals surface area contributed by atoms with Crippen molar-refractivity contribution in [2.45, 2.75) is 9.79 Å². The van der Waals surface area contributed by atoms with Gasteiger partial charge in [0.25, 0.3) is 0 Å². The fraction of sp³-hybridized carbons (Fsp3) is 0. The fourth-order valence-corrected chi connectivity index (χ4v) is 9.91. The predicted molar refractivity (Wildman–Crippen MR) is 255 cm³/mol. The van der Waals surface area contributed by atoms with Crippen molar-refractivity contribution >= 4 is 33.7 Å². The summed E-state index contributed by atoms with van der Waals surface area (Å²) in [4.78, 5) is 17.8. The second-order valence-electron chi connectivity index (χ2n) is 15.5. The van der Waals surface area contributed by atoms with Gasteiger partial charge in [0, 0.05) is 37.3 Å². The van der Waals surface area contributed by atoms with Crippen molar-refractivity contribution in [1.29, 1.82) is 0 Å². The van der Waals surface area contributed by atoms with E-state index in [1.807, 2.05) is 36.4 Å². The van der Waals surface area contributed by atoms with Crippen molar-refractivity contribution in [3.63, 3.8) is 0 Å². The predicted octanol–water partition coefficient (Wildman–Crippen LogP) is 15.6. The molecule has 9 aromatic carbocycles. The maximum Gasteiger partial charge on any atom is 0.164 e. The van der Waals surface area contributed by atoms with Crippen LogP contribution >= 0.6 is 11.8 Å². The van der Waals surface area contributed by atoms with Crippen LogP contribution in [0.15, 0.2) is 227 Å².